The number of aryl methyl sites for hydroxylation is 1. The van der Waals surface area contributed by atoms with Crippen LogP contribution >= 0.6 is 0 Å². The molecule has 10 heteroatoms. The first-order valence-corrected chi connectivity index (χ1v) is 5.75. The fourth-order valence-corrected chi connectivity index (χ4v) is 1.57. The molecule has 0 aliphatic heterocycles. The Labute approximate surface area is 117 Å². The van der Waals surface area contributed by atoms with Crippen molar-refractivity contribution in [2.75, 3.05) is 11.5 Å². The lowest BCUT2D eigenvalue weighted by Gasteiger charge is -2.07. The van der Waals surface area contributed by atoms with Gasteiger partial charge in [-0.05, 0) is 45.2 Å². The Kier molecular flexibility index (Phi) is 3.03. The first kappa shape index (κ1) is 12.7. The molecule has 0 saturated heterocycles. The van der Waals surface area contributed by atoms with Gasteiger partial charge in [0.15, 0.2) is 0 Å². The van der Waals surface area contributed by atoms with Crippen LogP contribution in [0.1, 0.15) is 5.56 Å². The van der Waals surface area contributed by atoms with Crippen molar-refractivity contribution in [2.24, 2.45) is 0 Å². The molecule has 21 heavy (non-hydrogen) atoms. The van der Waals surface area contributed by atoms with E-state index in [0.717, 1.165) is 5.56 Å². The summed E-state index contributed by atoms with van der Waals surface area (Å²) >= 11 is 0. The van der Waals surface area contributed by atoms with Gasteiger partial charge in [0.25, 0.3) is 0 Å². The zero-order chi connectivity index (χ0) is 14.8. The average Bonchev–Trinajstić information content (AvgIpc) is 2.99. The third-order valence-electron chi connectivity index (χ3n) is 2.42. The summed E-state index contributed by atoms with van der Waals surface area (Å²) in [6.45, 7) is 1.86. The highest BCUT2D eigenvalue weighted by atomic mass is 16.6. The topological polar surface area (TPSA) is 148 Å². The first-order chi connectivity index (χ1) is 10.1. The van der Waals surface area contributed by atoms with E-state index in [0.29, 0.717) is 11.5 Å². The van der Waals surface area contributed by atoms with Crippen molar-refractivity contribution in [2.45, 2.75) is 6.92 Å². The Hall–Kier alpha value is -3.30. The minimum Gasteiger partial charge on any atom is -0.434 e. The van der Waals surface area contributed by atoms with Crippen molar-refractivity contribution in [3.05, 3.63) is 23.8 Å². The lowest BCUT2D eigenvalue weighted by Crippen LogP contribution is -1.94. The lowest BCUT2D eigenvalue weighted by atomic mass is 10.2. The van der Waals surface area contributed by atoms with E-state index < -0.39 is 0 Å². The summed E-state index contributed by atoms with van der Waals surface area (Å²) in [5.41, 5.74) is 11.9. The third-order valence-corrected chi connectivity index (χ3v) is 2.42. The Morgan fingerprint density at radius 3 is 1.67 bits per heavy atom. The maximum Gasteiger partial charge on any atom is 0.305 e. The SMILES string of the molecule is Cc1cc(Oc2nonc2N)cc(Oc2nonc2N)c1. The number of aromatic nitrogens is 4. The fraction of sp³-hybridized carbons (Fsp3) is 0.0909. The standard InChI is InChI=1S/C11H10N6O4/c1-5-2-6(18-10-8(12)14-20-16-10)4-7(3-5)19-11-9(13)15-21-17-11/h2-4H,1H3,(H2,12,14)(H2,13,15). The lowest BCUT2D eigenvalue weighted by molar-refractivity contribution is 0.288. The van der Waals surface area contributed by atoms with E-state index in [9.17, 15) is 0 Å². The van der Waals surface area contributed by atoms with Crippen LogP contribution in [0.2, 0.25) is 0 Å². The van der Waals surface area contributed by atoms with Crippen molar-refractivity contribution < 1.29 is 18.7 Å². The summed E-state index contributed by atoms with van der Waals surface area (Å²) < 4.78 is 19.8. The molecule has 0 fully saturated rings. The van der Waals surface area contributed by atoms with E-state index >= 15 is 0 Å². The van der Waals surface area contributed by atoms with Crippen LogP contribution in [0.5, 0.6) is 23.3 Å². The van der Waals surface area contributed by atoms with Gasteiger partial charge < -0.3 is 20.9 Å². The quantitative estimate of drug-likeness (QED) is 0.723. The summed E-state index contributed by atoms with van der Waals surface area (Å²) in [5.74, 6) is 1.08. The number of anilines is 2. The molecule has 0 atom stereocenters. The van der Waals surface area contributed by atoms with Gasteiger partial charge in [-0.25, -0.2) is 9.26 Å². The first-order valence-electron chi connectivity index (χ1n) is 5.75. The number of hydrogen-bond donors (Lipinski definition) is 2. The smallest absolute Gasteiger partial charge is 0.305 e. The van der Waals surface area contributed by atoms with Crippen LogP contribution in [0.15, 0.2) is 27.5 Å². The van der Waals surface area contributed by atoms with Crippen molar-refractivity contribution in [3.63, 3.8) is 0 Å². The summed E-state index contributed by atoms with van der Waals surface area (Å²) in [4.78, 5) is 0. The Morgan fingerprint density at radius 1 is 0.810 bits per heavy atom. The van der Waals surface area contributed by atoms with Gasteiger partial charge in [-0.15, -0.1) is 0 Å². The molecule has 0 unspecified atom stereocenters. The number of rotatable bonds is 4. The zero-order valence-electron chi connectivity index (χ0n) is 10.8. The van der Waals surface area contributed by atoms with Gasteiger partial charge in [0.05, 0.1) is 0 Å². The molecule has 0 aliphatic carbocycles. The summed E-state index contributed by atoms with van der Waals surface area (Å²) in [5, 5.41) is 13.9. The number of nitrogens with zero attached hydrogens (tertiary/aromatic N) is 4. The molecule has 108 valence electrons. The van der Waals surface area contributed by atoms with Gasteiger partial charge in [-0.1, -0.05) is 0 Å². The third kappa shape index (κ3) is 2.68. The number of nitrogen functional groups attached to an aromatic ring is 2. The van der Waals surface area contributed by atoms with Crippen molar-refractivity contribution >= 4 is 11.6 Å². The number of benzene rings is 1. The van der Waals surface area contributed by atoms with E-state index in [2.05, 4.69) is 29.9 Å². The van der Waals surface area contributed by atoms with Gasteiger partial charge in [0.2, 0.25) is 11.6 Å². The molecule has 0 amide bonds. The highest BCUT2D eigenvalue weighted by molar-refractivity contribution is 5.46. The van der Waals surface area contributed by atoms with Crippen molar-refractivity contribution in [3.8, 4) is 23.3 Å². The largest absolute Gasteiger partial charge is 0.434 e. The zero-order valence-corrected chi connectivity index (χ0v) is 10.8. The molecule has 0 bridgehead atoms. The highest BCUT2D eigenvalue weighted by Crippen LogP contribution is 2.31. The number of nitrogens with two attached hydrogens (primary N) is 2. The molecule has 4 N–H and O–H groups in total. The van der Waals surface area contributed by atoms with Crippen molar-refractivity contribution in [1.82, 2.24) is 20.6 Å². The molecule has 3 rings (SSSR count). The van der Waals surface area contributed by atoms with Crippen LogP contribution in [0.25, 0.3) is 0 Å². The minimum absolute atomic E-state index is 0.0453. The van der Waals surface area contributed by atoms with Gasteiger partial charge in [-0.2, -0.15) is 0 Å². The van der Waals surface area contributed by atoms with Gasteiger partial charge in [0, 0.05) is 6.07 Å². The molecule has 0 radical (unpaired) electrons. The van der Waals surface area contributed by atoms with Crippen LogP contribution in [0, 0.1) is 6.92 Å². The predicted molar refractivity (Wildman–Crippen MR) is 68.7 cm³/mol. The monoisotopic (exact) mass is 290 g/mol. The maximum atomic E-state index is 5.52. The van der Waals surface area contributed by atoms with E-state index in [-0.39, 0.29) is 23.4 Å². The molecule has 0 spiro atoms. The van der Waals surface area contributed by atoms with E-state index in [4.69, 9.17) is 20.9 Å². The molecule has 10 nitrogen and oxygen atoms in total. The normalized spacial score (nSPS) is 10.5. The van der Waals surface area contributed by atoms with Crippen LogP contribution in [-0.4, -0.2) is 20.6 Å². The molecular formula is C11H10N6O4. The summed E-state index contributed by atoms with van der Waals surface area (Å²) in [6, 6.07) is 5.10. The Bertz CT molecular complexity index is 707. The van der Waals surface area contributed by atoms with Crippen LogP contribution < -0.4 is 20.9 Å². The van der Waals surface area contributed by atoms with Crippen molar-refractivity contribution in [1.29, 1.82) is 0 Å². The average molecular weight is 290 g/mol. The molecule has 2 heterocycles. The molecule has 1 aromatic carbocycles. The van der Waals surface area contributed by atoms with E-state index in [1.165, 1.54) is 0 Å². The molecule has 0 aliphatic rings. The second kappa shape index (κ2) is 5.00. The predicted octanol–water partition coefficient (Wildman–Crippen LogP) is 1.51. The van der Waals surface area contributed by atoms with Gasteiger partial charge in [-0.3, -0.25) is 0 Å². The molecule has 2 aromatic heterocycles. The van der Waals surface area contributed by atoms with Crippen LogP contribution in [0.3, 0.4) is 0 Å². The van der Waals surface area contributed by atoms with Crippen LogP contribution in [-0.2, 0) is 0 Å². The van der Waals surface area contributed by atoms with E-state index in [1.54, 1.807) is 18.2 Å². The second-order valence-corrected chi connectivity index (χ2v) is 4.10. The molecular weight excluding hydrogens is 280 g/mol. The minimum atomic E-state index is 0.0453. The number of ether oxygens (including phenoxy) is 2. The van der Waals surface area contributed by atoms with Crippen LogP contribution in [0.4, 0.5) is 11.6 Å². The van der Waals surface area contributed by atoms with Gasteiger partial charge in [0.1, 0.15) is 11.5 Å². The fourth-order valence-electron chi connectivity index (χ4n) is 1.57. The van der Waals surface area contributed by atoms with E-state index in [1.807, 2.05) is 6.92 Å². The van der Waals surface area contributed by atoms with Gasteiger partial charge >= 0.3 is 11.8 Å². The number of hydrogen-bond acceptors (Lipinski definition) is 10. The maximum absolute atomic E-state index is 5.52. The molecule has 0 saturated carbocycles. The Balaban J connectivity index is 1.86. The highest BCUT2D eigenvalue weighted by Gasteiger charge is 2.12. The second-order valence-electron chi connectivity index (χ2n) is 4.10. The Morgan fingerprint density at radius 2 is 1.29 bits per heavy atom. The summed E-state index contributed by atoms with van der Waals surface area (Å²) in [6.07, 6.45) is 0. The molecule has 3 aromatic rings. The summed E-state index contributed by atoms with van der Waals surface area (Å²) in [7, 11) is 0.